The van der Waals surface area contributed by atoms with E-state index in [1.807, 2.05) is 0 Å². The predicted molar refractivity (Wildman–Crippen MR) is 76.9 cm³/mol. The number of ether oxygens (including phenoxy) is 1. The quantitative estimate of drug-likeness (QED) is 0.925. The monoisotopic (exact) mass is 318 g/mol. The summed E-state index contributed by atoms with van der Waals surface area (Å²) in [7, 11) is 0. The lowest BCUT2D eigenvalue weighted by Gasteiger charge is -2.22. The summed E-state index contributed by atoms with van der Waals surface area (Å²) in [5.41, 5.74) is 0. The van der Waals surface area contributed by atoms with Crippen molar-refractivity contribution in [2.75, 3.05) is 19.7 Å². The van der Waals surface area contributed by atoms with Crippen LogP contribution in [0.4, 0.5) is 0 Å². The topological polar surface area (TPSA) is 34.1 Å². The Labute approximate surface area is 123 Å². The molecule has 0 saturated carbocycles. The largest absolute Gasteiger partial charge is 0.376 e. The van der Waals surface area contributed by atoms with E-state index in [1.54, 1.807) is 6.20 Å². The number of aromatic nitrogens is 1. The van der Waals surface area contributed by atoms with Crippen LogP contribution < -0.4 is 5.32 Å². The molecule has 1 aliphatic heterocycles. The number of hydrogen-bond acceptors (Lipinski definition) is 4. The Balaban J connectivity index is 0.00000128. The SMILES string of the molecule is Cl.Cl.Clc1ncc(COCC2CCCNC2)s1. The molecule has 0 spiro atoms. The van der Waals surface area contributed by atoms with E-state index < -0.39 is 0 Å². The third kappa shape index (κ3) is 6.22. The first kappa shape index (κ1) is 17.4. The van der Waals surface area contributed by atoms with Crippen LogP contribution in [0.3, 0.4) is 0 Å². The van der Waals surface area contributed by atoms with E-state index in [4.69, 9.17) is 16.3 Å². The minimum absolute atomic E-state index is 0. The zero-order valence-corrected chi connectivity index (χ0v) is 12.6. The fraction of sp³-hybridized carbons (Fsp3) is 0.700. The maximum absolute atomic E-state index is 5.73. The van der Waals surface area contributed by atoms with Gasteiger partial charge in [0.05, 0.1) is 18.1 Å². The Bertz CT molecular complexity index is 305. The van der Waals surface area contributed by atoms with Gasteiger partial charge in [0.1, 0.15) is 0 Å². The smallest absolute Gasteiger partial charge is 0.183 e. The first-order valence-electron chi connectivity index (χ1n) is 5.23. The van der Waals surface area contributed by atoms with Crippen LogP contribution in [0.5, 0.6) is 0 Å². The molecule has 0 aromatic carbocycles. The summed E-state index contributed by atoms with van der Waals surface area (Å²) in [5, 5.41) is 3.38. The Morgan fingerprint density at radius 3 is 2.94 bits per heavy atom. The Hall–Kier alpha value is 0.420. The highest BCUT2D eigenvalue weighted by Gasteiger charge is 2.12. The van der Waals surface area contributed by atoms with Gasteiger partial charge in [-0.2, -0.15) is 0 Å². The van der Waals surface area contributed by atoms with Crippen molar-refractivity contribution < 1.29 is 4.74 Å². The molecule has 1 fully saturated rings. The van der Waals surface area contributed by atoms with Crippen LogP contribution in [-0.4, -0.2) is 24.7 Å². The first-order valence-corrected chi connectivity index (χ1v) is 6.42. The van der Waals surface area contributed by atoms with Crippen molar-refractivity contribution in [1.29, 1.82) is 0 Å². The molecule has 0 radical (unpaired) electrons. The van der Waals surface area contributed by atoms with E-state index in [1.165, 1.54) is 24.2 Å². The molecule has 2 rings (SSSR count). The lowest BCUT2D eigenvalue weighted by molar-refractivity contribution is 0.0798. The molecule has 1 aliphatic rings. The summed E-state index contributed by atoms with van der Waals surface area (Å²) in [6.45, 7) is 3.72. The van der Waals surface area contributed by atoms with Gasteiger partial charge < -0.3 is 10.1 Å². The third-order valence-corrected chi connectivity index (χ3v) is 3.61. The van der Waals surface area contributed by atoms with Gasteiger partial charge in [0, 0.05) is 12.7 Å². The molecule has 17 heavy (non-hydrogen) atoms. The first-order chi connectivity index (χ1) is 7.34. The zero-order valence-electron chi connectivity index (χ0n) is 9.36. The van der Waals surface area contributed by atoms with Gasteiger partial charge in [-0.15, -0.1) is 36.2 Å². The van der Waals surface area contributed by atoms with E-state index in [9.17, 15) is 0 Å². The maximum atomic E-state index is 5.73. The summed E-state index contributed by atoms with van der Waals surface area (Å²) < 4.78 is 6.23. The molecule has 0 amide bonds. The van der Waals surface area contributed by atoms with Gasteiger partial charge in [-0.25, -0.2) is 4.98 Å². The number of hydrogen-bond donors (Lipinski definition) is 1. The second kappa shape index (κ2) is 9.36. The highest BCUT2D eigenvalue weighted by molar-refractivity contribution is 7.15. The van der Waals surface area contributed by atoms with Crippen LogP contribution in [0, 0.1) is 5.92 Å². The molecule has 100 valence electrons. The van der Waals surface area contributed by atoms with Crippen molar-refractivity contribution in [1.82, 2.24) is 10.3 Å². The van der Waals surface area contributed by atoms with Crippen molar-refractivity contribution >= 4 is 47.8 Å². The summed E-state index contributed by atoms with van der Waals surface area (Å²) in [6, 6.07) is 0. The van der Waals surface area contributed by atoms with E-state index in [0.29, 0.717) is 17.0 Å². The van der Waals surface area contributed by atoms with Crippen LogP contribution in [0.15, 0.2) is 6.20 Å². The van der Waals surface area contributed by atoms with Crippen LogP contribution in [-0.2, 0) is 11.3 Å². The lowest BCUT2D eigenvalue weighted by Crippen LogP contribution is -2.32. The molecule has 3 nitrogen and oxygen atoms in total. The normalized spacial score (nSPS) is 19.2. The van der Waals surface area contributed by atoms with Gasteiger partial charge in [0.2, 0.25) is 0 Å². The Morgan fingerprint density at radius 2 is 2.35 bits per heavy atom. The minimum Gasteiger partial charge on any atom is -0.376 e. The van der Waals surface area contributed by atoms with Gasteiger partial charge in [-0.05, 0) is 25.3 Å². The number of piperidine rings is 1. The fourth-order valence-corrected chi connectivity index (χ4v) is 2.66. The fourth-order valence-electron chi connectivity index (χ4n) is 1.74. The van der Waals surface area contributed by atoms with E-state index in [0.717, 1.165) is 24.6 Å². The summed E-state index contributed by atoms with van der Waals surface area (Å²) >= 11 is 7.22. The molecular weight excluding hydrogens is 303 g/mol. The van der Waals surface area contributed by atoms with Crippen LogP contribution >= 0.6 is 47.8 Å². The molecule has 1 aromatic heterocycles. The Kier molecular flexibility index (Phi) is 9.59. The number of halogens is 3. The molecule has 1 N–H and O–H groups in total. The number of thiazole rings is 1. The van der Waals surface area contributed by atoms with E-state index in [-0.39, 0.29) is 24.8 Å². The second-order valence-corrected chi connectivity index (χ2v) is 5.50. The molecule has 7 heteroatoms. The second-order valence-electron chi connectivity index (χ2n) is 3.81. The van der Waals surface area contributed by atoms with Crippen LogP contribution in [0.2, 0.25) is 4.47 Å². The molecule has 1 unspecified atom stereocenters. The standard InChI is InChI=1S/C10H15ClN2OS.2ClH/c11-10-13-5-9(15-10)7-14-6-8-2-1-3-12-4-8;;/h5,8,12H,1-4,6-7H2;2*1H. The zero-order chi connectivity index (χ0) is 10.5. The van der Waals surface area contributed by atoms with Gasteiger partial charge in [-0.1, -0.05) is 11.6 Å². The van der Waals surface area contributed by atoms with Crippen LogP contribution in [0.25, 0.3) is 0 Å². The summed E-state index contributed by atoms with van der Waals surface area (Å²) in [6.07, 6.45) is 4.32. The number of nitrogens with one attached hydrogen (secondary N) is 1. The summed E-state index contributed by atoms with van der Waals surface area (Å²) in [5.74, 6) is 0.669. The molecule has 1 atom stereocenters. The van der Waals surface area contributed by atoms with Gasteiger partial charge in [0.25, 0.3) is 0 Å². The predicted octanol–water partition coefficient (Wildman–Crippen LogP) is 3.16. The van der Waals surface area contributed by atoms with E-state index >= 15 is 0 Å². The Morgan fingerprint density at radius 1 is 1.53 bits per heavy atom. The molecule has 1 aromatic rings. The number of rotatable bonds is 4. The van der Waals surface area contributed by atoms with Crippen molar-refractivity contribution in [2.24, 2.45) is 5.92 Å². The molecule has 0 aliphatic carbocycles. The number of nitrogens with zero attached hydrogens (tertiary/aromatic N) is 1. The molecule has 2 heterocycles. The third-order valence-electron chi connectivity index (χ3n) is 2.52. The minimum atomic E-state index is 0. The van der Waals surface area contributed by atoms with Gasteiger partial charge >= 0.3 is 0 Å². The maximum Gasteiger partial charge on any atom is 0.183 e. The highest BCUT2D eigenvalue weighted by atomic mass is 35.5. The average Bonchev–Trinajstić information content (AvgIpc) is 2.66. The molecule has 1 saturated heterocycles. The van der Waals surface area contributed by atoms with Gasteiger partial charge in [-0.3, -0.25) is 0 Å². The van der Waals surface area contributed by atoms with Crippen molar-refractivity contribution in [3.8, 4) is 0 Å². The molecular formula is C10H17Cl3N2OS. The van der Waals surface area contributed by atoms with Gasteiger partial charge in [0.15, 0.2) is 4.47 Å². The van der Waals surface area contributed by atoms with E-state index in [2.05, 4.69) is 10.3 Å². The lowest BCUT2D eigenvalue weighted by atomic mass is 10.0. The summed E-state index contributed by atoms with van der Waals surface area (Å²) in [4.78, 5) is 5.07. The van der Waals surface area contributed by atoms with Crippen molar-refractivity contribution in [2.45, 2.75) is 19.4 Å². The highest BCUT2D eigenvalue weighted by Crippen LogP contribution is 2.19. The average molecular weight is 320 g/mol. The van der Waals surface area contributed by atoms with Crippen molar-refractivity contribution in [3.63, 3.8) is 0 Å². The molecule has 0 bridgehead atoms. The van der Waals surface area contributed by atoms with Crippen molar-refractivity contribution in [3.05, 3.63) is 15.5 Å². The van der Waals surface area contributed by atoms with Crippen LogP contribution in [0.1, 0.15) is 17.7 Å².